The topological polar surface area (TPSA) is 106 Å². The number of rotatable bonds is 7. The molecular weight excluding hydrogens is 398 g/mol. The molecule has 2 rings (SSSR count). The molecule has 0 bridgehead atoms. The van der Waals surface area contributed by atoms with Crippen LogP contribution in [0.2, 0.25) is 0 Å². The molecule has 1 aromatic heterocycles. The zero-order valence-corrected chi connectivity index (χ0v) is 20.2. The molecule has 0 spiro atoms. The van der Waals surface area contributed by atoms with E-state index in [0.717, 1.165) is 25.3 Å². The summed E-state index contributed by atoms with van der Waals surface area (Å²) in [4.78, 5) is 19.3. The van der Waals surface area contributed by atoms with Crippen LogP contribution >= 0.6 is 0 Å². The monoisotopic (exact) mass is 437 g/mol. The number of aliphatic imine (C=N–C) groups is 1. The molecule has 1 aliphatic heterocycles. The predicted octanol–water partition coefficient (Wildman–Crippen LogP) is 2.16. The Balaban J connectivity index is 2.06. The molecule has 1 amide bonds. The normalized spacial score (nSPS) is 21.3. The van der Waals surface area contributed by atoms with Gasteiger partial charge in [0.05, 0.1) is 18.7 Å². The van der Waals surface area contributed by atoms with E-state index in [1.807, 2.05) is 53.0 Å². The number of guanidine groups is 1. The predicted molar refractivity (Wildman–Crippen MR) is 120 cm³/mol. The third kappa shape index (κ3) is 6.81. The van der Waals surface area contributed by atoms with Crippen LogP contribution in [0.1, 0.15) is 61.2 Å². The zero-order chi connectivity index (χ0) is 23.2. The lowest BCUT2D eigenvalue weighted by Crippen LogP contribution is -2.51. The number of carbonyl (C=O) groups is 1. The lowest BCUT2D eigenvalue weighted by Gasteiger charge is -2.34. The molecule has 31 heavy (non-hydrogen) atoms. The van der Waals surface area contributed by atoms with Crippen molar-refractivity contribution in [3.63, 3.8) is 0 Å². The maximum Gasteiger partial charge on any atom is 0.412 e. The van der Waals surface area contributed by atoms with Crippen molar-refractivity contribution in [3.05, 3.63) is 12.2 Å². The highest BCUT2D eigenvalue weighted by atomic mass is 16.6. The van der Waals surface area contributed by atoms with Crippen molar-refractivity contribution in [2.75, 3.05) is 19.6 Å². The lowest BCUT2D eigenvalue weighted by molar-refractivity contribution is -0.0755. The van der Waals surface area contributed by atoms with Crippen LogP contribution in [0.15, 0.2) is 11.3 Å². The number of nitrogens with one attached hydrogen (secondary N) is 2. The third-order valence-corrected chi connectivity index (χ3v) is 4.96. The molecular formula is C21H39N7O3. The smallest absolute Gasteiger partial charge is 0.412 e. The van der Waals surface area contributed by atoms with Gasteiger partial charge in [-0.2, -0.15) is 0 Å². The maximum absolute atomic E-state index is 12.9. The van der Waals surface area contributed by atoms with Crippen LogP contribution in [0.3, 0.4) is 0 Å². The molecule has 2 N–H and O–H groups in total. The second-order valence-corrected chi connectivity index (χ2v) is 9.13. The van der Waals surface area contributed by atoms with Gasteiger partial charge in [-0.1, -0.05) is 6.92 Å². The maximum atomic E-state index is 12.9. The van der Waals surface area contributed by atoms with Gasteiger partial charge in [-0.25, -0.2) is 4.79 Å². The SMILES string of the molecule is CCNC(=NCC1C(C)OC(C)(C)N1C(=O)OC(C)(C)C)NCCn1cnnc1CC. The lowest BCUT2D eigenvalue weighted by atomic mass is 10.1. The molecule has 0 aromatic carbocycles. The fourth-order valence-corrected chi connectivity index (χ4v) is 3.66. The van der Waals surface area contributed by atoms with Crippen LogP contribution in [0.4, 0.5) is 4.79 Å². The molecule has 1 aromatic rings. The van der Waals surface area contributed by atoms with Crippen molar-refractivity contribution in [1.29, 1.82) is 0 Å². The number of hydrogen-bond acceptors (Lipinski definition) is 6. The molecule has 176 valence electrons. The summed E-state index contributed by atoms with van der Waals surface area (Å²) >= 11 is 0. The number of aryl methyl sites for hydroxylation is 1. The molecule has 1 saturated heterocycles. The molecule has 0 saturated carbocycles. The summed E-state index contributed by atoms with van der Waals surface area (Å²) in [6.07, 6.45) is 2.02. The first-order chi connectivity index (χ1) is 14.5. The summed E-state index contributed by atoms with van der Waals surface area (Å²) < 4.78 is 13.7. The van der Waals surface area contributed by atoms with Gasteiger partial charge in [-0.15, -0.1) is 10.2 Å². The standard InChI is InChI=1S/C21H39N7O3/c1-9-17-26-25-14-27(17)12-11-23-18(22-10-2)24-13-16-15(3)30-21(7,8)28(16)19(29)31-20(4,5)6/h14-16H,9-13H2,1-8H3,(H2,22,23,24). The van der Waals surface area contributed by atoms with Gasteiger partial charge >= 0.3 is 6.09 Å². The number of amides is 1. The van der Waals surface area contributed by atoms with Crippen molar-refractivity contribution < 1.29 is 14.3 Å². The zero-order valence-electron chi connectivity index (χ0n) is 20.2. The quantitative estimate of drug-likeness (QED) is 0.497. The van der Waals surface area contributed by atoms with Crippen molar-refractivity contribution in [2.24, 2.45) is 4.99 Å². The summed E-state index contributed by atoms with van der Waals surface area (Å²) in [6, 6.07) is -0.232. The first-order valence-corrected chi connectivity index (χ1v) is 11.1. The van der Waals surface area contributed by atoms with E-state index in [2.05, 4.69) is 27.8 Å². The van der Waals surface area contributed by atoms with Crippen LogP contribution < -0.4 is 10.6 Å². The van der Waals surface area contributed by atoms with E-state index in [9.17, 15) is 4.79 Å². The van der Waals surface area contributed by atoms with Crippen LogP contribution in [-0.2, 0) is 22.4 Å². The Bertz CT molecular complexity index is 754. The third-order valence-electron chi connectivity index (χ3n) is 4.96. The highest BCUT2D eigenvalue weighted by Crippen LogP contribution is 2.33. The first-order valence-electron chi connectivity index (χ1n) is 11.1. The summed E-state index contributed by atoms with van der Waals surface area (Å²) in [6.45, 7) is 17.9. The Hall–Kier alpha value is -2.36. The van der Waals surface area contributed by atoms with Crippen LogP contribution in [0, 0.1) is 0 Å². The Morgan fingerprint density at radius 1 is 1.32 bits per heavy atom. The first kappa shape index (κ1) is 24.9. The fraction of sp³-hybridized carbons (Fsp3) is 0.810. The molecule has 2 heterocycles. The van der Waals surface area contributed by atoms with E-state index in [0.29, 0.717) is 19.0 Å². The largest absolute Gasteiger partial charge is 0.444 e. The van der Waals surface area contributed by atoms with Gasteiger partial charge in [0, 0.05) is 26.1 Å². The minimum atomic E-state index is -0.765. The van der Waals surface area contributed by atoms with Crippen molar-refractivity contribution >= 4 is 12.1 Å². The summed E-state index contributed by atoms with van der Waals surface area (Å²) in [5.74, 6) is 1.64. The summed E-state index contributed by atoms with van der Waals surface area (Å²) in [5, 5.41) is 14.7. The van der Waals surface area contributed by atoms with E-state index >= 15 is 0 Å². The van der Waals surface area contributed by atoms with Gasteiger partial charge < -0.3 is 24.7 Å². The van der Waals surface area contributed by atoms with Crippen LogP contribution in [0.5, 0.6) is 0 Å². The van der Waals surface area contributed by atoms with E-state index < -0.39 is 11.3 Å². The number of ether oxygens (including phenoxy) is 2. The number of carbonyl (C=O) groups excluding carboxylic acids is 1. The summed E-state index contributed by atoms with van der Waals surface area (Å²) in [5.41, 5.74) is -1.35. The van der Waals surface area contributed by atoms with Gasteiger partial charge in [-0.3, -0.25) is 9.89 Å². The van der Waals surface area contributed by atoms with E-state index in [-0.39, 0.29) is 18.2 Å². The average Bonchev–Trinajstić information content (AvgIpc) is 3.18. The van der Waals surface area contributed by atoms with Gasteiger partial charge in [0.1, 0.15) is 23.5 Å². The van der Waals surface area contributed by atoms with Crippen LogP contribution in [-0.4, -0.2) is 74.8 Å². The number of aromatic nitrogens is 3. The van der Waals surface area contributed by atoms with Gasteiger partial charge in [0.25, 0.3) is 0 Å². The Morgan fingerprint density at radius 3 is 2.65 bits per heavy atom. The number of nitrogens with zero attached hydrogens (tertiary/aromatic N) is 5. The van der Waals surface area contributed by atoms with Crippen molar-refractivity contribution in [3.8, 4) is 0 Å². The Morgan fingerprint density at radius 2 is 2.03 bits per heavy atom. The second-order valence-electron chi connectivity index (χ2n) is 9.13. The number of hydrogen-bond donors (Lipinski definition) is 2. The van der Waals surface area contributed by atoms with Gasteiger partial charge in [-0.05, 0) is 48.5 Å². The minimum absolute atomic E-state index is 0.168. The molecule has 10 nitrogen and oxygen atoms in total. The van der Waals surface area contributed by atoms with Crippen molar-refractivity contribution in [1.82, 2.24) is 30.3 Å². The average molecular weight is 438 g/mol. The fourth-order valence-electron chi connectivity index (χ4n) is 3.66. The molecule has 0 aliphatic carbocycles. The van der Waals surface area contributed by atoms with Gasteiger partial charge in [0.2, 0.25) is 0 Å². The van der Waals surface area contributed by atoms with E-state index in [1.165, 1.54) is 0 Å². The van der Waals surface area contributed by atoms with E-state index in [1.54, 1.807) is 11.2 Å². The molecule has 1 fully saturated rings. The Labute approximate surface area is 185 Å². The highest BCUT2D eigenvalue weighted by molar-refractivity contribution is 5.79. The van der Waals surface area contributed by atoms with Crippen molar-refractivity contribution in [2.45, 2.75) is 91.8 Å². The summed E-state index contributed by atoms with van der Waals surface area (Å²) in [7, 11) is 0. The molecule has 2 atom stereocenters. The van der Waals surface area contributed by atoms with Gasteiger partial charge in [0.15, 0.2) is 5.96 Å². The van der Waals surface area contributed by atoms with Crippen LogP contribution in [0.25, 0.3) is 0 Å². The molecule has 0 radical (unpaired) electrons. The molecule has 10 heteroatoms. The van der Waals surface area contributed by atoms with E-state index in [4.69, 9.17) is 14.5 Å². The Kier molecular flexibility index (Phi) is 8.27. The molecule has 2 unspecified atom stereocenters. The second kappa shape index (κ2) is 10.3. The molecule has 1 aliphatic rings. The highest BCUT2D eigenvalue weighted by Gasteiger charge is 2.49. The minimum Gasteiger partial charge on any atom is -0.444 e.